The maximum atomic E-state index is 14.1. The molecule has 0 aliphatic carbocycles. The van der Waals surface area contributed by atoms with Crippen LogP contribution in [0.5, 0.6) is 0 Å². The molecule has 9 nitrogen and oxygen atoms in total. The summed E-state index contributed by atoms with van der Waals surface area (Å²) in [5.74, 6) is -1.32. The number of carbonyl (C=O) groups is 3. The van der Waals surface area contributed by atoms with Crippen LogP contribution in [0.25, 0.3) is 10.8 Å². The molecule has 1 aliphatic heterocycles. The second-order valence-corrected chi connectivity index (χ2v) is 12.5. The highest BCUT2D eigenvalue weighted by atomic mass is 35.5. The summed E-state index contributed by atoms with van der Waals surface area (Å²) < 4.78 is 5.51. The summed E-state index contributed by atoms with van der Waals surface area (Å²) in [6.07, 6.45) is 3.17. The molecule has 1 aromatic heterocycles. The van der Waals surface area contributed by atoms with E-state index in [4.69, 9.17) is 10.5 Å². The molecule has 1 fully saturated rings. The Morgan fingerprint density at radius 3 is 2.26 bits per heavy atom. The predicted molar refractivity (Wildman–Crippen MR) is 182 cm³/mol. The van der Waals surface area contributed by atoms with Crippen molar-refractivity contribution in [3.63, 3.8) is 0 Å². The van der Waals surface area contributed by atoms with E-state index in [2.05, 4.69) is 26.6 Å². The highest BCUT2D eigenvalue weighted by Crippen LogP contribution is 2.29. The molecular formula is C36H42ClN5O4. The van der Waals surface area contributed by atoms with Crippen LogP contribution < -0.4 is 16.4 Å². The number of halogens is 1. The number of nitrogen functional groups attached to an aromatic ring is 1. The van der Waals surface area contributed by atoms with Crippen molar-refractivity contribution < 1.29 is 19.1 Å². The Hall–Kier alpha value is -4.31. The fraction of sp³-hybridized carbons (Fsp3) is 0.333. The number of hydrogen-bond donors (Lipinski definition) is 3. The molecule has 0 radical (unpaired) electrons. The zero-order valence-corrected chi connectivity index (χ0v) is 27.3. The first-order valence-electron chi connectivity index (χ1n) is 15.4. The molecule has 2 heterocycles. The van der Waals surface area contributed by atoms with Crippen LogP contribution in [0.3, 0.4) is 0 Å². The second-order valence-electron chi connectivity index (χ2n) is 12.5. The van der Waals surface area contributed by atoms with Gasteiger partial charge in [-0.25, -0.2) is 4.98 Å². The lowest BCUT2D eigenvalue weighted by atomic mass is 9.84. The van der Waals surface area contributed by atoms with Crippen molar-refractivity contribution >= 4 is 46.8 Å². The van der Waals surface area contributed by atoms with Crippen molar-refractivity contribution in [2.45, 2.75) is 63.8 Å². The summed E-state index contributed by atoms with van der Waals surface area (Å²) in [5, 5.41) is 7.72. The summed E-state index contributed by atoms with van der Waals surface area (Å²) in [5.41, 5.74) is 8.15. The van der Waals surface area contributed by atoms with Crippen LogP contribution >= 0.6 is 12.4 Å². The molecule has 2 atom stereocenters. The molecule has 46 heavy (non-hydrogen) atoms. The number of ether oxygens (including phenoxy) is 1. The number of anilines is 1. The number of amides is 2. The van der Waals surface area contributed by atoms with Gasteiger partial charge in [-0.15, -0.1) is 12.4 Å². The predicted octanol–water partition coefficient (Wildman–Crippen LogP) is 4.98. The number of nitrogens with one attached hydrogen (secondary N) is 2. The van der Waals surface area contributed by atoms with Crippen molar-refractivity contribution in [1.29, 1.82) is 0 Å². The minimum absolute atomic E-state index is 0. The first kappa shape index (κ1) is 34.6. The van der Waals surface area contributed by atoms with Crippen LogP contribution in [0, 0.1) is 0 Å². The van der Waals surface area contributed by atoms with Gasteiger partial charge in [0.2, 0.25) is 11.8 Å². The number of pyridine rings is 1. The van der Waals surface area contributed by atoms with E-state index in [1.807, 2.05) is 78.9 Å². The van der Waals surface area contributed by atoms with E-state index in [1.165, 1.54) is 0 Å². The average molecular weight is 644 g/mol. The van der Waals surface area contributed by atoms with E-state index in [9.17, 15) is 14.4 Å². The number of carbonyl (C=O) groups excluding carboxylic acids is 3. The number of fused-ring (bicyclic) bond motifs is 1. The molecule has 4 aromatic rings. The number of rotatable bonds is 10. The Morgan fingerprint density at radius 1 is 0.978 bits per heavy atom. The Balaban J connectivity index is 0.00000480. The Morgan fingerprint density at radius 2 is 1.63 bits per heavy atom. The van der Waals surface area contributed by atoms with Crippen LogP contribution in [-0.2, 0) is 25.7 Å². The fourth-order valence-electron chi connectivity index (χ4n) is 6.01. The van der Waals surface area contributed by atoms with Crippen molar-refractivity contribution in [3.05, 3.63) is 108 Å². The second kappa shape index (κ2) is 15.3. The van der Waals surface area contributed by atoms with E-state index < -0.39 is 35.5 Å². The lowest BCUT2D eigenvalue weighted by Gasteiger charge is -2.30. The molecule has 0 spiro atoms. The van der Waals surface area contributed by atoms with Crippen LogP contribution in [0.4, 0.5) is 5.82 Å². The van der Waals surface area contributed by atoms with E-state index in [0.29, 0.717) is 18.8 Å². The lowest BCUT2D eigenvalue weighted by Crippen LogP contribution is -2.54. The zero-order valence-electron chi connectivity index (χ0n) is 26.4. The summed E-state index contributed by atoms with van der Waals surface area (Å²) in [6, 6.07) is 25.8. The van der Waals surface area contributed by atoms with Crippen LogP contribution in [0.15, 0.2) is 91.1 Å². The third kappa shape index (κ3) is 8.69. The Labute approximate surface area is 276 Å². The van der Waals surface area contributed by atoms with Gasteiger partial charge in [-0.1, -0.05) is 72.8 Å². The van der Waals surface area contributed by atoms with Crippen molar-refractivity contribution in [3.8, 4) is 0 Å². The highest BCUT2D eigenvalue weighted by Gasteiger charge is 2.36. The third-order valence-corrected chi connectivity index (χ3v) is 7.98. The molecule has 4 N–H and O–H groups in total. The number of aromatic nitrogens is 1. The summed E-state index contributed by atoms with van der Waals surface area (Å²) in [7, 11) is 0. The molecule has 0 saturated carbocycles. The number of nitrogens with zero attached hydrogens (tertiary/aromatic N) is 2. The summed E-state index contributed by atoms with van der Waals surface area (Å²) in [4.78, 5) is 46.8. The zero-order chi connectivity index (χ0) is 32.0. The SMILES string of the molecule is CC(C)(C)OC(=O)CN[C@@H](C(=O)NC(=O)[C@@H]1CCCN1Cc1ccc2c(N)nccc2c1)C(c1ccccc1)c1ccccc1.Cl. The Kier molecular flexibility index (Phi) is 11.5. The van der Waals surface area contributed by atoms with Gasteiger partial charge in [-0.05, 0) is 74.4 Å². The van der Waals surface area contributed by atoms with Gasteiger partial charge in [-0.3, -0.25) is 29.9 Å². The first-order valence-corrected chi connectivity index (χ1v) is 15.4. The Bertz CT molecular complexity index is 1610. The highest BCUT2D eigenvalue weighted by molar-refractivity contribution is 6.01. The number of benzene rings is 3. The normalized spacial score (nSPS) is 15.7. The largest absolute Gasteiger partial charge is 0.459 e. The third-order valence-electron chi connectivity index (χ3n) is 7.98. The van der Waals surface area contributed by atoms with Gasteiger partial charge >= 0.3 is 5.97 Å². The number of hydrogen-bond acceptors (Lipinski definition) is 8. The van der Waals surface area contributed by atoms with Crippen LogP contribution in [-0.4, -0.2) is 58.4 Å². The lowest BCUT2D eigenvalue weighted by molar-refractivity contribution is -0.153. The van der Waals surface area contributed by atoms with Gasteiger partial charge < -0.3 is 10.5 Å². The van der Waals surface area contributed by atoms with Crippen LogP contribution in [0.1, 0.15) is 56.2 Å². The van der Waals surface area contributed by atoms with E-state index in [0.717, 1.165) is 40.4 Å². The molecular weight excluding hydrogens is 602 g/mol. The molecule has 5 rings (SSSR count). The van der Waals surface area contributed by atoms with Crippen molar-refractivity contribution in [1.82, 2.24) is 20.5 Å². The van der Waals surface area contributed by atoms with Crippen LogP contribution in [0.2, 0.25) is 0 Å². The molecule has 2 amide bonds. The molecule has 10 heteroatoms. The van der Waals surface area contributed by atoms with E-state index >= 15 is 0 Å². The molecule has 0 unspecified atom stereocenters. The fourth-order valence-corrected chi connectivity index (χ4v) is 6.01. The number of nitrogens with two attached hydrogens (primary N) is 1. The van der Waals surface area contributed by atoms with Crippen molar-refractivity contribution in [2.75, 3.05) is 18.8 Å². The van der Waals surface area contributed by atoms with E-state index in [1.54, 1.807) is 27.0 Å². The number of imide groups is 1. The van der Waals surface area contributed by atoms with Gasteiger partial charge in [-0.2, -0.15) is 0 Å². The number of esters is 1. The minimum atomic E-state index is -0.930. The van der Waals surface area contributed by atoms with Gasteiger partial charge in [0.05, 0.1) is 18.6 Å². The molecule has 0 bridgehead atoms. The summed E-state index contributed by atoms with van der Waals surface area (Å²) in [6.45, 7) is 6.48. The van der Waals surface area contributed by atoms with Gasteiger partial charge in [0, 0.05) is 24.0 Å². The maximum Gasteiger partial charge on any atom is 0.320 e. The smallest absolute Gasteiger partial charge is 0.320 e. The topological polar surface area (TPSA) is 127 Å². The molecule has 242 valence electrons. The quantitative estimate of drug-likeness (QED) is 0.207. The molecule has 1 aliphatic rings. The summed E-state index contributed by atoms with van der Waals surface area (Å²) >= 11 is 0. The van der Waals surface area contributed by atoms with Gasteiger partial charge in [0.15, 0.2) is 0 Å². The molecule has 3 aromatic carbocycles. The minimum Gasteiger partial charge on any atom is -0.459 e. The van der Waals surface area contributed by atoms with Crippen molar-refractivity contribution in [2.24, 2.45) is 0 Å². The molecule has 1 saturated heterocycles. The monoisotopic (exact) mass is 643 g/mol. The standard InChI is InChI=1S/C36H41N5O4.ClH/c1-36(2,3)45-30(42)22-39-32(31(25-11-6-4-7-12-25)26-13-8-5-9-14-26)35(44)40-34(43)29-15-10-20-41(29)23-24-16-17-28-27(21-24)18-19-38-33(28)37;/h4-9,11-14,16-19,21,29,31-32,39H,10,15,20,22-23H2,1-3H3,(H2,37,38)(H,40,43,44);1H/t29-,32+;/m0./s1. The average Bonchev–Trinajstić information content (AvgIpc) is 3.47. The maximum absolute atomic E-state index is 14.1. The van der Waals surface area contributed by atoms with E-state index in [-0.39, 0.29) is 24.9 Å². The van der Waals surface area contributed by atoms with Gasteiger partial charge in [0.25, 0.3) is 0 Å². The number of likely N-dealkylation sites (tertiary alicyclic amines) is 1. The van der Waals surface area contributed by atoms with Gasteiger partial charge in [0.1, 0.15) is 11.4 Å². The first-order chi connectivity index (χ1) is 21.6.